The van der Waals surface area contributed by atoms with Crippen molar-refractivity contribution in [3.63, 3.8) is 0 Å². The second kappa shape index (κ2) is 11.1. The first kappa shape index (κ1) is 23.6. The summed E-state index contributed by atoms with van der Waals surface area (Å²) in [6.07, 6.45) is 5.69. The summed E-state index contributed by atoms with van der Waals surface area (Å²) in [6, 6.07) is 9.57. The number of benzene rings is 1. The Kier molecular flexibility index (Phi) is 7.68. The molecule has 10 nitrogen and oxygen atoms in total. The van der Waals surface area contributed by atoms with E-state index in [1.165, 1.54) is 5.56 Å². The summed E-state index contributed by atoms with van der Waals surface area (Å²) in [5.41, 5.74) is 9.88. The molecule has 0 radical (unpaired) electrons. The van der Waals surface area contributed by atoms with Crippen molar-refractivity contribution in [2.45, 2.75) is 12.5 Å². The van der Waals surface area contributed by atoms with Gasteiger partial charge in [-0.1, -0.05) is 24.3 Å². The van der Waals surface area contributed by atoms with Crippen molar-refractivity contribution in [1.82, 2.24) is 20.2 Å². The number of ether oxygens (including phenoxy) is 1. The van der Waals surface area contributed by atoms with Crippen molar-refractivity contribution in [1.29, 1.82) is 0 Å². The molecule has 11 heteroatoms. The standard InChI is InChI=1S/C23H28BN7O3/c24-28-8-5-15-1-3-16(4-2-15)18-12-27-22(25)21(29-18)23(33)30-19-11-26-7-6-20(19)31-9-10-34-14-17(31)13-32/h1-4,6-7,11-12,17,28,32H,5,8-10,13-14,24H2,(H2,25,27)(H,30,33). The number of aliphatic hydroxyl groups excluding tert-OH is 1. The number of pyridine rings is 1. The van der Waals surface area contributed by atoms with Crippen LogP contribution < -0.4 is 21.2 Å². The Morgan fingerprint density at radius 1 is 1.26 bits per heavy atom. The van der Waals surface area contributed by atoms with Crippen LogP contribution in [0.5, 0.6) is 0 Å². The number of carbonyl (C=O) groups is 1. The van der Waals surface area contributed by atoms with Gasteiger partial charge in [-0.15, -0.1) is 0 Å². The fourth-order valence-electron chi connectivity index (χ4n) is 3.85. The quantitative estimate of drug-likeness (QED) is 0.348. The van der Waals surface area contributed by atoms with Crippen molar-refractivity contribution < 1.29 is 14.6 Å². The molecule has 0 saturated carbocycles. The summed E-state index contributed by atoms with van der Waals surface area (Å²) in [6.45, 7) is 2.34. The number of aliphatic hydroxyl groups is 1. The summed E-state index contributed by atoms with van der Waals surface area (Å²) in [5, 5.41) is 15.7. The zero-order valence-corrected chi connectivity index (χ0v) is 19.1. The van der Waals surface area contributed by atoms with Crippen LogP contribution in [0.3, 0.4) is 0 Å². The molecule has 5 N–H and O–H groups in total. The van der Waals surface area contributed by atoms with Gasteiger partial charge in [0, 0.05) is 18.3 Å². The van der Waals surface area contributed by atoms with Gasteiger partial charge in [0.05, 0.1) is 55.3 Å². The number of hydrogen-bond acceptors (Lipinski definition) is 9. The maximum Gasteiger partial charge on any atom is 0.278 e. The zero-order chi connectivity index (χ0) is 23.9. The Morgan fingerprint density at radius 3 is 2.85 bits per heavy atom. The minimum atomic E-state index is -0.486. The third-order valence-corrected chi connectivity index (χ3v) is 5.72. The molecule has 0 spiro atoms. The zero-order valence-electron chi connectivity index (χ0n) is 19.1. The molecule has 1 atom stereocenters. The number of morpholine rings is 1. The van der Waals surface area contributed by atoms with Crippen molar-refractivity contribution in [3.8, 4) is 11.3 Å². The molecule has 3 aromatic rings. The highest BCUT2D eigenvalue weighted by molar-refractivity contribution is 6.07. The molecule has 1 unspecified atom stereocenters. The predicted octanol–water partition coefficient (Wildman–Crippen LogP) is 0.251. The number of nitrogens with zero attached hydrogens (tertiary/aromatic N) is 4. The van der Waals surface area contributed by atoms with Gasteiger partial charge in [0.25, 0.3) is 5.91 Å². The lowest BCUT2D eigenvalue weighted by Crippen LogP contribution is -2.48. The molecule has 0 bridgehead atoms. The number of nitrogens with one attached hydrogen (secondary N) is 2. The summed E-state index contributed by atoms with van der Waals surface area (Å²) < 4.78 is 5.47. The van der Waals surface area contributed by atoms with E-state index in [1.807, 2.05) is 37.1 Å². The van der Waals surface area contributed by atoms with E-state index >= 15 is 0 Å². The van der Waals surface area contributed by atoms with Crippen LogP contribution in [0.1, 0.15) is 16.1 Å². The molecular weight excluding hydrogens is 433 g/mol. The van der Waals surface area contributed by atoms with Gasteiger partial charge >= 0.3 is 0 Å². The van der Waals surface area contributed by atoms with Gasteiger partial charge in [-0.25, -0.2) is 9.97 Å². The Bertz CT molecular complexity index is 1130. The van der Waals surface area contributed by atoms with E-state index in [1.54, 1.807) is 24.7 Å². The summed E-state index contributed by atoms with van der Waals surface area (Å²) >= 11 is 0. The van der Waals surface area contributed by atoms with Crippen molar-refractivity contribution in [2.75, 3.05) is 48.9 Å². The molecule has 0 aliphatic carbocycles. The Hall–Kier alpha value is -3.54. The lowest BCUT2D eigenvalue weighted by atomic mass is 10.1. The third-order valence-electron chi connectivity index (χ3n) is 5.72. The number of hydrogen-bond donors (Lipinski definition) is 4. The second-order valence-corrected chi connectivity index (χ2v) is 7.99. The van der Waals surface area contributed by atoms with E-state index < -0.39 is 5.91 Å². The maximum absolute atomic E-state index is 13.2. The van der Waals surface area contributed by atoms with Crippen LogP contribution in [0.15, 0.2) is 48.9 Å². The van der Waals surface area contributed by atoms with Gasteiger partial charge in [0.15, 0.2) is 19.5 Å². The molecule has 1 aliphatic rings. The fourth-order valence-corrected chi connectivity index (χ4v) is 3.85. The van der Waals surface area contributed by atoms with E-state index in [0.29, 0.717) is 31.1 Å². The van der Waals surface area contributed by atoms with E-state index in [0.717, 1.165) is 24.2 Å². The molecule has 1 amide bonds. The average molecular weight is 461 g/mol. The topological polar surface area (TPSA) is 139 Å². The minimum Gasteiger partial charge on any atom is -0.394 e. The predicted molar refractivity (Wildman–Crippen MR) is 133 cm³/mol. The summed E-state index contributed by atoms with van der Waals surface area (Å²) in [4.78, 5) is 28.0. The monoisotopic (exact) mass is 461 g/mol. The molecule has 1 fully saturated rings. The Labute approximate surface area is 199 Å². The van der Waals surface area contributed by atoms with Crippen molar-refractivity contribution in [2.24, 2.45) is 0 Å². The van der Waals surface area contributed by atoms with E-state index in [2.05, 4.69) is 25.5 Å². The molecule has 3 heterocycles. The lowest BCUT2D eigenvalue weighted by Gasteiger charge is -2.37. The number of rotatable bonds is 8. The molecule has 34 heavy (non-hydrogen) atoms. The normalized spacial score (nSPS) is 15.8. The Balaban J connectivity index is 1.56. The molecule has 4 rings (SSSR count). The average Bonchev–Trinajstić information content (AvgIpc) is 2.88. The second-order valence-electron chi connectivity index (χ2n) is 7.99. The first-order valence-corrected chi connectivity index (χ1v) is 11.2. The molecular formula is C23H28BN7O3. The van der Waals surface area contributed by atoms with E-state index in [-0.39, 0.29) is 24.2 Å². The molecule has 176 valence electrons. The SMILES string of the molecule is BNCCc1ccc(-c2cnc(N)c(C(=O)Nc3cnccc3N3CCOCC3CO)n2)cc1. The number of nitrogen functional groups attached to an aromatic ring is 1. The molecule has 1 aromatic carbocycles. The van der Waals surface area contributed by atoms with Crippen molar-refractivity contribution >= 4 is 31.1 Å². The highest BCUT2D eigenvalue weighted by Gasteiger charge is 2.25. The van der Waals surface area contributed by atoms with Crippen LogP contribution in [0.4, 0.5) is 17.2 Å². The lowest BCUT2D eigenvalue weighted by molar-refractivity contribution is 0.0728. The number of nitrogens with two attached hydrogens (primary N) is 1. The number of anilines is 3. The molecule has 1 saturated heterocycles. The number of carbonyl (C=O) groups excluding carboxylic acids is 1. The van der Waals surface area contributed by atoms with Gasteiger partial charge in [0.1, 0.15) is 0 Å². The van der Waals surface area contributed by atoms with Crippen molar-refractivity contribution in [3.05, 3.63) is 60.2 Å². The van der Waals surface area contributed by atoms with E-state index in [9.17, 15) is 9.90 Å². The van der Waals surface area contributed by atoms with Crippen LogP contribution in [0.2, 0.25) is 0 Å². The van der Waals surface area contributed by atoms with Gasteiger partial charge in [-0.3, -0.25) is 9.78 Å². The molecule has 1 aliphatic heterocycles. The van der Waals surface area contributed by atoms with Crippen LogP contribution >= 0.6 is 0 Å². The number of amides is 1. The highest BCUT2D eigenvalue weighted by Crippen LogP contribution is 2.28. The summed E-state index contributed by atoms with van der Waals surface area (Å²) in [7, 11) is 1.92. The van der Waals surface area contributed by atoms with Gasteiger partial charge in [0.2, 0.25) is 0 Å². The van der Waals surface area contributed by atoms with Crippen LogP contribution in [0.25, 0.3) is 11.3 Å². The Morgan fingerprint density at radius 2 is 2.09 bits per heavy atom. The van der Waals surface area contributed by atoms with Gasteiger partial charge in [-0.05, 0) is 24.6 Å². The van der Waals surface area contributed by atoms with Gasteiger partial charge < -0.3 is 31.0 Å². The minimum absolute atomic E-state index is 0.0345. The fraction of sp³-hybridized carbons (Fsp3) is 0.304. The number of aromatic nitrogens is 3. The van der Waals surface area contributed by atoms with Crippen LogP contribution in [0, 0.1) is 0 Å². The largest absolute Gasteiger partial charge is 0.394 e. The smallest absolute Gasteiger partial charge is 0.278 e. The highest BCUT2D eigenvalue weighted by atomic mass is 16.5. The first-order chi connectivity index (χ1) is 16.6. The first-order valence-electron chi connectivity index (χ1n) is 11.2. The maximum atomic E-state index is 13.2. The van der Waals surface area contributed by atoms with E-state index in [4.69, 9.17) is 10.5 Å². The van der Waals surface area contributed by atoms with Crippen LogP contribution in [-0.2, 0) is 11.2 Å². The summed E-state index contributed by atoms with van der Waals surface area (Å²) in [5.74, 6) is -0.447. The third kappa shape index (κ3) is 5.33. The van der Waals surface area contributed by atoms with Crippen LogP contribution in [-0.4, -0.2) is 72.9 Å². The van der Waals surface area contributed by atoms with Gasteiger partial charge in [-0.2, -0.15) is 0 Å². The molecule has 2 aromatic heterocycles.